The molecule has 0 aliphatic carbocycles. The van der Waals surface area contributed by atoms with Crippen molar-refractivity contribution in [2.75, 3.05) is 26.4 Å². The van der Waals surface area contributed by atoms with Crippen molar-refractivity contribution in [1.29, 1.82) is 0 Å². The summed E-state index contributed by atoms with van der Waals surface area (Å²) in [5, 5.41) is 120. The van der Waals surface area contributed by atoms with E-state index in [4.69, 9.17) is 28.4 Å². The molecule has 0 aromatic heterocycles. The first-order valence-corrected chi connectivity index (χ1v) is 32.5. The Labute approximate surface area is 503 Å². The summed E-state index contributed by atoms with van der Waals surface area (Å²) in [6.45, 7) is 1.53. The Morgan fingerprint density at radius 1 is 0.440 bits per heavy atom. The van der Waals surface area contributed by atoms with Crippen molar-refractivity contribution < 1.29 is 89.4 Å². The zero-order valence-corrected chi connectivity index (χ0v) is 51.1. The quantitative estimate of drug-likeness (QED) is 0.0211. The highest BCUT2D eigenvalue weighted by Gasteiger charge is 2.53. The molecule has 0 aromatic carbocycles. The summed E-state index contributed by atoms with van der Waals surface area (Å²) in [4.78, 5) is 13.2. The van der Waals surface area contributed by atoms with E-state index in [-0.39, 0.29) is 18.9 Å². The van der Waals surface area contributed by atoms with E-state index in [2.05, 4.69) is 79.9 Å². The van der Waals surface area contributed by atoms with Crippen LogP contribution in [0.3, 0.4) is 0 Å². The fourth-order valence-corrected chi connectivity index (χ4v) is 10.8. The molecule has 3 aliphatic rings. The molecule has 0 spiro atoms. The molecule has 3 fully saturated rings. The average Bonchev–Trinajstić information content (AvgIpc) is 3.52. The van der Waals surface area contributed by atoms with Crippen LogP contribution in [-0.2, 0) is 33.2 Å². The molecule has 19 heteroatoms. The average molecular weight is 1200 g/mol. The van der Waals surface area contributed by atoms with Gasteiger partial charge in [-0.2, -0.15) is 0 Å². The second kappa shape index (κ2) is 47.5. The summed E-state index contributed by atoms with van der Waals surface area (Å²) < 4.78 is 34.1. The third-order valence-corrected chi connectivity index (χ3v) is 16.1. The van der Waals surface area contributed by atoms with Crippen molar-refractivity contribution >= 4 is 5.91 Å². The number of hydrogen-bond donors (Lipinski definition) is 12. The van der Waals surface area contributed by atoms with Gasteiger partial charge in [0.05, 0.1) is 38.6 Å². The van der Waals surface area contributed by atoms with Gasteiger partial charge >= 0.3 is 0 Å². The molecule has 0 saturated carbocycles. The van der Waals surface area contributed by atoms with Gasteiger partial charge in [0.25, 0.3) is 0 Å². The third kappa shape index (κ3) is 30.1. The van der Waals surface area contributed by atoms with E-state index in [9.17, 15) is 61.0 Å². The number of hydrogen-bond acceptors (Lipinski definition) is 18. The van der Waals surface area contributed by atoms with Crippen molar-refractivity contribution in [3.05, 3.63) is 60.8 Å². The monoisotopic (exact) mass is 1200 g/mol. The van der Waals surface area contributed by atoms with Crippen molar-refractivity contribution in [3.63, 3.8) is 0 Å². The van der Waals surface area contributed by atoms with Crippen molar-refractivity contribution in [2.24, 2.45) is 0 Å². The second-order valence-corrected chi connectivity index (χ2v) is 23.2. The standard InChI is InChI=1S/C65H115NO18/c1-3-5-7-9-10-11-12-13-14-15-16-17-18-19-20-21-22-23-24-25-26-27-28-29-30-31-32-33-34-35-36-37-38-39-41-43-53(71)66-48(49(70)42-40-8-6-4-2)47-79-63-59(77)56(74)61(51(45-68)81-63)84-65-60(78)57(75)62(52(46-69)82-65)83-64-58(76)55(73)54(72)50(44-67)80-64/h5,7,10-11,13-14,16-17,19-20,48-52,54-65,67-70,72-78H,3-4,6,8-9,12,15,18,21-47H2,1-2H3,(H,66,71)/b7-5-,11-10-,14-13-,17-16-,20-19-. The molecule has 0 radical (unpaired) electrons. The first-order valence-electron chi connectivity index (χ1n) is 32.5. The number of aliphatic hydroxyl groups excluding tert-OH is 11. The summed E-state index contributed by atoms with van der Waals surface area (Å²) in [6, 6.07) is -0.883. The van der Waals surface area contributed by atoms with E-state index < -0.39 is 124 Å². The number of allylic oxidation sites excluding steroid dienone is 10. The van der Waals surface area contributed by atoms with E-state index in [1.165, 1.54) is 103 Å². The molecule has 17 unspecified atom stereocenters. The number of amides is 1. The normalized spacial score (nSPS) is 29.6. The Balaban J connectivity index is 1.25. The molecule has 0 bridgehead atoms. The fraction of sp³-hybridized carbons (Fsp3) is 0.831. The number of nitrogens with one attached hydrogen (secondary N) is 1. The minimum Gasteiger partial charge on any atom is -0.394 e. The maximum Gasteiger partial charge on any atom is 0.220 e. The molecule has 0 aromatic rings. The van der Waals surface area contributed by atoms with Crippen LogP contribution in [0.4, 0.5) is 0 Å². The number of carbonyl (C=O) groups is 1. The molecule has 3 heterocycles. The molecule has 3 saturated heterocycles. The number of aliphatic hydroxyl groups is 11. The Kier molecular flexibility index (Phi) is 42.8. The summed E-state index contributed by atoms with van der Waals surface area (Å²) in [5.41, 5.74) is 0. The Morgan fingerprint density at radius 3 is 1.27 bits per heavy atom. The highest BCUT2D eigenvalue weighted by Crippen LogP contribution is 2.33. The van der Waals surface area contributed by atoms with E-state index in [0.717, 1.165) is 70.6 Å². The lowest BCUT2D eigenvalue weighted by molar-refractivity contribution is -0.379. The summed E-state index contributed by atoms with van der Waals surface area (Å²) in [6.07, 6.45) is 30.1. The predicted molar refractivity (Wildman–Crippen MR) is 323 cm³/mol. The van der Waals surface area contributed by atoms with Crippen LogP contribution in [0.25, 0.3) is 0 Å². The Bertz CT molecular complexity index is 1770. The SMILES string of the molecule is CC/C=C\C/C=C\C/C=C\C/C=C\C/C=C\CCCCCCCCCCCCCCCCCCCCCC(=O)NC(COC1OC(CO)C(OC2OC(CO)C(OC3OC(CO)C(O)C(O)C3O)C(O)C2O)C(O)C1O)C(O)CCCCCC. The van der Waals surface area contributed by atoms with Gasteiger partial charge in [-0.15, -0.1) is 0 Å². The highest BCUT2D eigenvalue weighted by molar-refractivity contribution is 5.76. The number of unbranched alkanes of at least 4 members (excludes halogenated alkanes) is 22. The highest BCUT2D eigenvalue weighted by atomic mass is 16.8. The van der Waals surface area contributed by atoms with Crippen molar-refractivity contribution in [1.82, 2.24) is 5.32 Å². The van der Waals surface area contributed by atoms with E-state index >= 15 is 0 Å². The van der Waals surface area contributed by atoms with Crippen LogP contribution >= 0.6 is 0 Å². The van der Waals surface area contributed by atoms with Crippen molar-refractivity contribution in [3.8, 4) is 0 Å². The van der Waals surface area contributed by atoms with Gasteiger partial charge < -0.3 is 89.9 Å². The molecule has 1 amide bonds. The number of ether oxygens (including phenoxy) is 6. The zero-order valence-electron chi connectivity index (χ0n) is 51.1. The van der Waals surface area contributed by atoms with Crippen LogP contribution in [-0.4, -0.2) is 193 Å². The number of carbonyl (C=O) groups excluding carboxylic acids is 1. The van der Waals surface area contributed by atoms with Gasteiger partial charge in [-0.25, -0.2) is 0 Å². The molecular formula is C65H115NO18. The van der Waals surface area contributed by atoms with E-state index in [1.54, 1.807) is 0 Å². The van der Waals surface area contributed by atoms with Gasteiger partial charge in [-0.1, -0.05) is 209 Å². The summed E-state index contributed by atoms with van der Waals surface area (Å²) in [7, 11) is 0. The summed E-state index contributed by atoms with van der Waals surface area (Å²) in [5.74, 6) is -0.252. The lowest BCUT2D eigenvalue weighted by Gasteiger charge is -2.48. The molecule has 3 aliphatic heterocycles. The second-order valence-electron chi connectivity index (χ2n) is 23.2. The molecule has 12 N–H and O–H groups in total. The minimum absolute atomic E-state index is 0.252. The molecule has 488 valence electrons. The zero-order chi connectivity index (χ0) is 61.2. The molecule has 19 nitrogen and oxygen atoms in total. The topological polar surface area (TPSA) is 307 Å². The maximum atomic E-state index is 13.2. The largest absolute Gasteiger partial charge is 0.394 e. The smallest absolute Gasteiger partial charge is 0.220 e. The lowest BCUT2D eigenvalue weighted by atomic mass is 9.96. The van der Waals surface area contributed by atoms with Crippen LogP contribution in [0.15, 0.2) is 60.8 Å². The van der Waals surface area contributed by atoms with E-state index in [0.29, 0.717) is 19.3 Å². The van der Waals surface area contributed by atoms with Crippen LogP contribution in [0.1, 0.15) is 213 Å². The Morgan fingerprint density at radius 2 is 0.821 bits per heavy atom. The lowest BCUT2D eigenvalue weighted by Crippen LogP contribution is -2.66. The van der Waals surface area contributed by atoms with E-state index in [1.807, 2.05) is 0 Å². The van der Waals surface area contributed by atoms with Gasteiger partial charge in [0.1, 0.15) is 73.2 Å². The third-order valence-electron chi connectivity index (χ3n) is 16.1. The molecule has 3 rings (SSSR count). The van der Waals surface area contributed by atoms with Crippen molar-refractivity contribution in [2.45, 2.75) is 317 Å². The van der Waals surface area contributed by atoms with Gasteiger partial charge in [0.2, 0.25) is 5.91 Å². The predicted octanol–water partition coefficient (Wildman–Crippen LogP) is 7.21. The van der Waals surface area contributed by atoms with Gasteiger partial charge in [-0.05, 0) is 57.8 Å². The van der Waals surface area contributed by atoms with Crippen LogP contribution in [0, 0.1) is 0 Å². The number of rotatable bonds is 48. The van der Waals surface area contributed by atoms with Crippen LogP contribution in [0.2, 0.25) is 0 Å². The molecule has 84 heavy (non-hydrogen) atoms. The molecular weight excluding hydrogens is 1080 g/mol. The summed E-state index contributed by atoms with van der Waals surface area (Å²) >= 11 is 0. The minimum atomic E-state index is -1.97. The van der Waals surface area contributed by atoms with Gasteiger partial charge in [0.15, 0.2) is 18.9 Å². The first-order chi connectivity index (χ1) is 40.8. The van der Waals surface area contributed by atoms with Crippen LogP contribution in [0.5, 0.6) is 0 Å². The fourth-order valence-electron chi connectivity index (χ4n) is 10.8. The maximum absolute atomic E-state index is 13.2. The van der Waals surface area contributed by atoms with Gasteiger partial charge in [0, 0.05) is 6.42 Å². The molecule has 17 atom stereocenters. The first kappa shape index (κ1) is 75.7. The van der Waals surface area contributed by atoms with Crippen LogP contribution < -0.4 is 5.32 Å². The van der Waals surface area contributed by atoms with Gasteiger partial charge in [-0.3, -0.25) is 4.79 Å². The Hall–Kier alpha value is -2.51.